The van der Waals surface area contributed by atoms with Gasteiger partial charge in [-0.2, -0.15) is 5.26 Å². The van der Waals surface area contributed by atoms with Gasteiger partial charge < -0.3 is 4.74 Å². The number of ether oxygens (including phenoxy) is 1. The molecule has 0 saturated carbocycles. The summed E-state index contributed by atoms with van der Waals surface area (Å²) in [5.41, 5.74) is 0.194. The van der Waals surface area contributed by atoms with Crippen LogP contribution >= 0.6 is 15.9 Å². The summed E-state index contributed by atoms with van der Waals surface area (Å²) < 4.78 is 18.8. The Hall–Kier alpha value is -2.00. The number of hydrogen-bond acceptors (Lipinski definition) is 4. The van der Waals surface area contributed by atoms with Gasteiger partial charge in [0, 0.05) is 6.07 Å². The van der Waals surface area contributed by atoms with E-state index >= 15 is 0 Å². The van der Waals surface area contributed by atoms with Gasteiger partial charge in [0.25, 0.3) is 0 Å². The molecule has 0 spiro atoms. The van der Waals surface area contributed by atoms with Crippen LogP contribution in [-0.4, -0.2) is 9.97 Å². The van der Waals surface area contributed by atoms with E-state index in [1.165, 1.54) is 24.5 Å². The molecule has 1 aromatic heterocycles. The van der Waals surface area contributed by atoms with Crippen molar-refractivity contribution in [3.63, 3.8) is 0 Å². The molecule has 0 N–H and O–H groups in total. The Morgan fingerprint density at radius 2 is 2.12 bits per heavy atom. The molecule has 2 aromatic rings. The van der Waals surface area contributed by atoms with E-state index in [9.17, 15) is 4.39 Å². The van der Waals surface area contributed by atoms with Crippen LogP contribution in [0.25, 0.3) is 0 Å². The largest absolute Gasteiger partial charge is 0.437 e. The number of nitriles is 1. The van der Waals surface area contributed by atoms with E-state index in [2.05, 4.69) is 25.9 Å². The summed E-state index contributed by atoms with van der Waals surface area (Å²) in [6, 6.07) is 6.19. The Morgan fingerprint density at radius 1 is 1.29 bits per heavy atom. The highest BCUT2D eigenvalue weighted by atomic mass is 79.9. The molecular weight excluding hydrogens is 289 g/mol. The number of rotatable bonds is 2. The smallest absolute Gasteiger partial charge is 0.237 e. The van der Waals surface area contributed by atoms with Gasteiger partial charge in [-0.1, -0.05) is 0 Å². The Kier molecular flexibility index (Phi) is 3.30. The van der Waals surface area contributed by atoms with Crippen molar-refractivity contribution in [2.24, 2.45) is 0 Å². The van der Waals surface area contributed by atoms with Crippen LogP contribution < -0.4 is 4.74 Å². The van der Waals surface area contributed by atoms with Gasteiger partial charge in [0.1, 0.15) is 17.6 Å². The van der Waals surface area contributed by atoms with Gasteiger partial charge in [-0.05, 0) is 28.1 Å². The van der Waals surface area contributed by atoms with Crippen LogP contribution in [0.3, 0.4) is 0 Å². The summed E-state index contributed by atoms with van der Waals surface area (Å²) >= 11 is 3.04. The molecule has 0 amide bonds. The summed E-state index contributed by atoms with van der Waals surface area (Å²) in [7, 11) is 0. The van der Waals surface area contributed by atoms with Crippen molar-refractivity contribution < 1.29 is 9.13 Å². The first-order chi connectivity index (χ1) is 8.19. The minimum atomic E-state index is -0.427. The molecule has 0 saturated heterocycles. The summed E-state index contributed by atoms with van der Waals surface area (Å²) in [5, 5.41) is 8.54. The molecule has 1 heterocycles. The van der Waals surface area contributed by atoms with Gasteiger partial charge in [-0.25, -0.2) is 14.4 Å². The van der Waals surface area contributed by atoms with Crippen molar-refractivity contribution in [3.05, 3.63) is 46.6 Å². The van der Waals surface area contributed by atoms with E-state index in [0.717, 1.165) is 0 Å². The first-order valence-corrected chi connectivity index (χ1v) is 5.33. The van der Waals surface area contributed by atoms with Crippen molar-refractivity contribution in [1.82, 2.24) is 9.97 Å². The van der Waals surface area contributed by atoms with Gasteiger partial charge in [0.05, 0.1) is 16.9 Å². The minimum absolute atomic E-state index is 0.194. The van der Waals surface area contributed by atoms with Crippen LogP contribution in [0.5, 0.6) is 11.6 Å². The number of hydrogen-bond donors (Lipinski definition) is 0. The molecule has 2 rings (SSSR count). The lowest BCUT2D eigenvalue weighted by Gasteiger charge is -2.04. The SMILES string of the molecule is N#Cc1cnc(Oc2ccc(Br)c(F)c2)cn1. The fraction of sp³-hybridized carbons (Fsp3) is 0. The zero-order valence-electron chi connectivity index (χ0n) is 8.39. The van der Waals surface area contributed by atoms with Crippen molar-refractivity contribution in [2.45, 2.75) is 0 Å². The maximum Gasteiger partial charge on any atom is 0.237 e. The van der Waals surface area contributed by atoms with Gasteiger partial charge in [-0.15, -0.1) is 0 Å². The lowest BCUT2D eigenvalue weighted by atomic mass is 10.3. The van der Waals surface area contributed by atoms with E-state index in [-0.39, 0.29) is 11.6 Å². The van der Waals surface area contributed by atoms with Gasteiger partial charge in [0.2, 0.25) is 5.88 Å². The zero-order valence-corrected chi connectivity index (χ0v) is 9.98. The maximum absolute atomic E-state index is 13.2. The molecule has 0 unspecified atom stereocenters. The van der Waals surface area contributed by atoms with Crippen molar-refractivity contribution in [1.29, 1.82) is 5.26 Å². The number of benzene rings is 1. The molecule has 1 aromatic carbocycles. The number of nitrogens with zero attached hydrogens (tertiary/aromatic N) is 3. The highest BCUT2D eigenvalue weighted by Gasteiger charge is 2.04. The van der Waals surface area contributed by atoms with Gasteiger partial charge in [-0.3, -0.25) is 0 Å². The predicted molar refractivity (Wildman–Crippen MR) is 60.9 cm³/mol. The Morgan fingerprint density at radius 3 is 2.71 bits per heavy atom. The normalized spacial score (nSPS) is 9.71. The monoisotopic (exact) mass is 293 g/mol. The van der Waals surface area contributed by atoms with E-state index in [1.54, 1.807) is 6.07 Å². The molecule has 0 aliphatic carbocycles. The first kappa shape index (κ1) is 11.5. The van der Waals surface area contributed by atoms with Crippen molar-refractivity contribution in [3.8, 4) is 17.7 Å². The van der Waals surface area contributed by atoms with E-state index in [4.69, 9.17) is 10.00 Å². The second kappa shape index (κ2) is 4.89. The lowest BCUT2D eigenvalue weighted by Crippen LogP contribution is -1.91. The molecule has 6 heteroatoms. The zero-order chi connectivity index (χ0) is 12.3. The molecule has 0 radical (unpaired) electrons. The molecule has 4 nitrogen and oxygen atoms in total. The van der Waals surface area contributed by atoms with Crippen LogP contribution in [0.2, 0.25) is 0 Å². The van der Waals surface area contributed by atoms with Crippen LogP contribution in [0.1, 0.15) is 5.69 Å². The molecule has 0 aliphatic heterocycles. The molecule has 0 bridgehead atoms. The van der Waals surface area contributed by atoms with E-state index in [0.29, 0.717) is 10.2 Å². The fourth-order valence-electron chi connectivity index (χ4n) is 1.09. The first-order valence-electron chi connectivity index (χ1n) is 4.54. The van der Waals surface area contributed by atoms with E-state index in [1.807, 2.05) is 6.07 Å². The highest BCUT2D eigenvalue weighted by Crippen LogP contribution is 2.24. The average Bonchev–Trinajstić information content (AvgIpc) is 2.35. The summed E-state index contributed by atoms with van der Waals surface area (Å²) in [6.45, 7) is 0. The van der Waals surface area contributed by atoms with Gasteiger partial charge >= 0.3 is 0 Å². The third-order valence-corrected chi connectivity index (χ3v) is 2.50. The van der Waals surface area contributed by atoms with Crippen LogP contribution in [0.4, 0.5) is 4.39 Å². The average molecular weight is 294 g/mol. The molecule has 17 heavy (non-hydrogen) atoms. The topological polar surface area (TPSA) is 58.8 Å². The second-order valence-corrected chi connectivity index (χ2v) is 3.88. The van der Waals surface area contributed by atoms with Crippen LogP contribution in [0.15, 0.2) is 35.1 Å². The van der Waals surface area contributed by atoms with Crippen LogP contribution in [-0.2, 0) is 0 Å². The molecule has 0 aliphatic rings. The Labute approximate surface area is 105 Å². The number of aromatic nitrogens is 2. The molecule has 84 valence electrons. The molecule has 0 fully saturated rings. The predicted octanol–water partition coefficient (Wildman–Crippen LogP) is 3.04. The Bertz CT molecular complexity index is 580. The summed E-state index contributed by atoms with van der Waals surface area (Å²) in [4.78, 5) is 7.64. The third-order valence-electron chi connectivity index (χ3n) is 1.86. The lowest BCUT2D eigenvalue weighted by molar-refractivity contribution is 0.455. The number of halogens is 2. The quantitative estimate of drug-likeness (QED) is 0.854. The Balaban J connectivity index is 2.20. The van der Waals surface area contributed by atoms with Crippen molar-refractivity contribution >= 4 is 15.9 Å². The second-order valence-electron chi connectivity index (χ2n) is 3.03. The summed E-state index contributed by atoms with van der Waals surface area (Å²) in [6.07, 6.45) is 2.59. The van der Waals surface area contributed by atoms with E-state index < -0.39 is 5.82 Å². The molecule has 0 atom stereocenters. The van der Waals surface area contributed by atoms with Crippen molar-refractivity contribution in [2.75, 3.05) is 0 Å². The summed E-state index contributed by atoms with van der Waals surface area (Å²) in [5.74, 6) is 0.0829. The molecular formula is C11H5BrFN3O. The van der Waals surface area contributed by atoms with Gasteiger partial charge in [0.15, 0.2) is 5.69 Å². The third kappa shape index (κ3) is 2.77. The maximum atomic E-state index is 13.2. The fourth-order valence-corrected chi connectivity index (χ4v) is 1.33. The van der Waals surface area contributed by atoms with Crippen LogP contribution in [0, 0.1) is 17.1 Å². The minimum Gasteiger partial charge on any atom is -0.437 e. The standard InChI is InChI=1S/C11H5BrFN3O/c12-9-2-1-8(3-10(9)13)17-11-6-15-7(4-14)5-16-11/h1-3,5-6H. The highest BCUT2D eigenvalue weighted by molar-refractivity contribution is 9.10.